The van der Waals surface area contributed by atoms with Crippen molar-refractivity contribution in [2.24, 2.45) is 10.2 Å². The van der Waals surface area contributed by atoms with Crippen LogP contribution in [-0.4, -0.2) is 39.8 Å². The van der Waals surface area contributed by atoms with E-state index in [9.17, 15) is 0 Å². The first kappa shape index (κ1) is 89.7. The van der Waals surface area contributed by atoms with Crippen LogP contribution >= 0.6 is 54.6 Å². The molecule has 14 aromatic rings. The van der Waals surface area contributed by atoms with E-state index in [2.05, 4.69) is 252 Å². The van der Waals surface area contributed by atoms with Gasteiger partial charge in [-0.2, -0.15) is 5.10 Å². The maximum atomic E-state index is 5.83. The van der Waals surface area contributed by atoms with E-state index in [4.69, 9.17) is 53.7 Å². The fourth-order valence-corrected chi connectivity index (χ4v) is 20.3. The third-order valence-corrected chi connectivity index (χ3v) is 25.5. The normalized spacial score (nSPS) is 12.3. The van der Waals surface area contributed by atoms with E-state index in [0.29, 0.717) is 0 Å². The Bertz CT molecular complexity index is 4590. The average Bonchev–Trinajstić information content (AvgIpc) is 1.63. The third kappa shape index (κ3) is 28.0. The minimum atomic E-state index is -1.61. The summed E-state index contributed by atoms with van der Waals surface area (Å²) in [6.07, 6.45) is -0.347. The Hall–Kier alpha value is -9.45. The average molecular weight is 1770 g/mol. The molecule has 2 heterocycles. The van der Waals surface area contributed by atoms with Gasteiger partial charge >= 0.3 is 147 Å². The van der Waals surface area contributed by atoms with Crippen LogP contribution < -0.4 is 51.6 Å². The van der Waals surface area contributed by atoms with Crippen molar-refractivity contribution in [1.29, 1.82) is 0 Å². The molecule has 2 aliphatic rings. The van der Waals surface area contributed by atoms with Crippen LogP contribution in [0.3, 0.4) is 0 Å². The molecule has 1 unspecified atom stereocenters. The van der Waals surface area contributed by atoms with Crippen molar-refractivity contribution in [2.45, 2.75) is 34.0 Å². The summed E-state index contributed by atoms with van der Waals surface area (Å²) in [5, 5.41) is 22.1. The van der Waals surface area contributed by atoms with Crippen LogP contribution in [0.1, 0.15) is 49.9 Å². The van der Waals surface area contributed by atoms with Crippen molar-refractivity contribution in [3.05, 3.63) is 461 Å². The number of para-hydroxylation sites is 4. The number of halogens is 4. The molecule has 0 saturated carbocycles. The smallest absolute Gasteiger partial charge is 0.129 e. The molecule has 0 aromatic heterocycles. The van der Waals surface area contributed by atoms with E-state index in [1.807, 2.05) is 236 Å². The largest absolute Gasteiger partial charge is 0.456 e. The maximum Gasteiger partial charge on any atom is 0.129 e. The Morgan fingerprint density at radius 1 is 0.312 bits per heavy atom. The number of hydrazone groups is 2. The Morgan fingerprint density at radius 2 is 0.554 bits per heavy atom. The van der Waals surface area contributed by atoms with Crippen LogP contribution in [0.2, 0.25) is 0 Å². The molecule has 0 saturated heterocycles. The number of methoxy groups -OCH3 is 1. The Balaban J connectivity index is 0.000000189. The van der Waals surface area contributed by atoms with Crippen molar-refractivity contribution in [1.82, 2.24) is 0 Å². The van der Waals surface area contributed by atoms with Crippen molar-refractivity contribution in [3.8, 4) is 0 Å². The number of rotatable bonds is 15. The summed E-state index contributed by atoms with van der Waals surface area (Å²) in [5.41, 5.74) is 8.53. The third-order valence-electron chi connectivity index (χ3n) is 16.3. The molecule has 2 aliphatic heterocycles. The first-order valence-corrected chi connectivity index (χ1v) is 50.1. The minimum Gasteiger partial charge on any atom is -0.456 e. The quantitative estimate of drug-likeness (QED) is 0.0581. The predicted octanol–water partition coefficient (Wildman–Crippen LogP) is 22.4. The van der Waals surface area contributed by atoms with Gasteiger partial charge in [-0.25, -0.2) is 5.01 Å². The van der Waals surface area contributed by atoms with E-state index in [0.717, 1.165) is 56.7 Å². The first-order valence-electron chi connectivity index (χ1n) is 36.1. The van der Waals surface area contributed by atoms with Crippen LogP contribution in [0.4, 0.5) is 22.7 Å². The molecule has 0 fully saturated rings. The van der Waals surface area contributed by atoms with Crippen LogP contribution in [0, 0.1) is 14.1 Å². The van der Waals surface area contributed by atoms with E-state index < -0.39 is 42.9 Å². The molecule has 16 rings (SSSR count). The van der Waals surface area contributed by atoms with Gasteiger partial charge in [0.25, 0.3) is 0 Å². The summed E-state index contributed by atoms with van der Waals surface area (Å²) in [6, 6.07) is 146. The van der Waals surface area contributed by atoms with Gasteiger partial charge in [0.2, 0.25) is 6.35 Å². The summed E-state index contributed by atoms with van der Waals surface area (Å²) in [6.45, 7) is 10.0. The second kappa shape index (κ2) is 51.2. The van der Waals surface area contributed by atoms with Crippen molar-refractivity contribution >= 4 is 130 Å². The number of ether oxygens (including phenoxy) is 1. The molecule has 576 valence electrons. The number of hydrogen-bond donors (Lipinski definition) is 0. The van der Waals surface area contributed by atoms with E-state index in [1.54, 1.807) is 7.11 Å². The number of nitrogens with zero attached hydrogens (tertiary/aromatic N) is 6. The summed E-state index contributed by atoms with van der Waals surface area (Å²) in [5.74, 6) is 1.78. The van der Waals surface area contributed by atoms with Crippen LogP contribution in [-0.2, 0) is 31.8 Å². The van der Waals surface area contributed by atoms with E-state index in [-0.39, 0.29) is 19.3 Å². The van der Waals surface area contributed by atoms with Gasteiger partial charge in [-0.3, -0.25) is 4.90 Å². The molecule has 0 aliphatic carbocycles. The second-order valence-corrected chi connectivity index (χ2v) is 39.8. The number of anilines is 4. The number of hydrogen-bond acceptors (Lipinski definition) is 7. The fourth-order valence-electron chi connectivity index (χ4n) is 11.5. The van der Waals surface area contributed by atoms with E-state index >= 15 is 0 Å². The Morgan fingerprint density at radius 3 is 0.839 bits per heavy atom. The predicted molar refractivity (Wildman–Crippen MR) is 489 cm³/mol. The summed E-state index contributed by atoms with van der Waals surface area (Å²) in [7, 11) is 22.6. The maximum absolute atomic E-state index is 5.83. The molecule has 0 spiro atoms. The molecule has 16 heteroatoms. The zero-order valence-electron chi connectivity index (χ0n) is 63.5. The zero-order valence-corrected chi connectivity index (χ0v) is 72.0. The second-order valence-electron chi connectivity index (χ2n) is 23.4. The first-order chi connectivity index (χ1) is 54.3. The molecule has 1 atom stereocenters. The van der Waals surface area contributed by atoms with Crippen molar-refractivity contribution in [3.63, 3.8) is 0 Å². The molecule has 0 radical (unpaired) electrons. The van der Waals surface area contributed by atoms with Gasteiger partial charge in [0, 0.05) is 35.3 Å². The molecular weight excluding hydrogens is 1670 g/mol. The monoisotopic (exact) mass is 1770 g/mol. The van der Waals surface area contributed by atoms with Gasteiger partial charge in [-0.05, 0) is 121 Å². The SMILES string of the molecule is CC.CC.COC1N(c2ccccc2)N=C(c2ccccc2)N1c1ccccc1.O.[CH3-].[Cl][Ru]([Cl])=[CH]c1ccccc1.[Cl][Ru]([Cl])=[CH]c1ccccc1.c1ccc(C2=NN(c3ccccc3)[CH-]N2c2ccccc2)cc1.c1ccc([PH+](c2ccccc2)c2ccccc2)cc1.c1ccc([PH+](c2ccccc2)c2ccccc2)cc1. The standard InChI is InChI=1S/C21H19N3O.C20H16N3.2C18H15P.2C7H6.2C2H6.CH3.4ClH.H2O.2Ru/c1-25-21-23(18-13-7-3-8-14-18)20(17-11-5-2-6-12-17)22-24(21)19-15-9-4-10-16-19;1-4-10-17(11-5-1)20-21-23(19-14-8-3-9-15-19)16-22(20)18-12-6-2-7-13-18;2*1-4-10-16(11-5-1)19(17-12-6-2-7-13-17)18-14-8-3-9-15-18;2*1-7-5-3-2-4-6-7;2*1-2;;;;;;;;/h2-16,21H,1H3;1-16H;2*1-15H;2*1-6H;2*1-2H3;1H3;4*1H;1H2;;/q;-1;;;;;;;-1;;;;;;2*+2/p-2. The zero-order chi connectivity index (χ0) is 77.2. The van der Waals surface area contributed by atoms with Gasteiger partial charge in [-0.1, -0.05) is 270 Å². The van der Waals surface area contributed by atoms with Crippen LogP contribution in [0.25, 0.3) is 0 Å². The van der Waals surface area contributed by atoms with Crippen molar-refractivity contribution < 1.29 is 37.2 Å². The fraction of sp³-hybridized carbons (Fsp3) is 0.0625. The summed E-state index contributed by atoms with van der Waals surface area (Å²) in [4.78, 5) is 4.23. The summed E-state index contributed by atoms with van der Waals surface area (Å²) < 4.78 is 9.68. The topological polar surface area (TPSA) is 78.4 Å². The molecule has 0 amide bonds. The molecular formula is C96H96Cl4N6O2P2Ru2. The molecule has 112 heavy (non-hydrogen) atoms. The molecule has 2 N–H and O–H groups in total. The Labute approximate surface area is 693 Å². The van der Waals surface area contributed by atoms with E-state index in [1.165, 1.54) is 31.8 Å². The van der Waals surface area contributed by atoms with Gasteiger partial charge < -0.3 is 27.5 Å². The number of amidine groups is 2. The van der Waals surface area contributed by atoms with Gasteiger partial charge in [0.1, 0.15) is 37.7 Å². The Kier molecular flexibility index (Phi) is 41.1. The number of benzene rings is 14. The van der Waals surface area contributed by atoms with Crippen LogP contribution in [0.5, 0.6) is 0 Å². The van der Waals surface area contributed by atoms with Crippen molar-refractivity contribution in [2.75, 3.05) is 26.9 Å². The molecule has 0 bridgehead atoms. The molecule has 8 nitrogen and oxygen atoms in total. The minimum absolute atomic E-state index is 0. The summed E-state index contributed by atoms with van der Waals surface area (Å²) >= 11 is -3.23. The van der Waals surface area contributed by atoms with Crippen LogP contribution in [0.15, 0.2) is 435 Å². The van der Waals surface area contributed by atoms with Gasteiger partial charge in [0.15, 0.2) is 5.84 Å². The van der Waals surface area contributed by atoms with Gasteiger partial charge in [0.05, 0.1) is 21.5 Å². The molecule has 14 aromatic carbocycles. The van der Waals surface area contributed by atoms with Gasteiger partial charge in [-0.15, -0.1) is 11.8 Å².